The van der Waals surface area contributed by atoms with Crippen molar-refractivity contribution in [1.82, 2.24) is 4.90 Å². The molecule has 2 aliphatic heterocycles. The number of ether oxygens (including phenoxy) is 1. The Balaban J connectivity index is 1.94. The van der Waals surface area contributed by atoms with Crippen LogP contribution in [0.15, 0.2) is 0 Å². The van der Waals surface area contributed by atoms with Crippen molar-refractivity contribution >= 4 is 7.85 Å². The van der Waals surface area contributed by atoms with Gasteiger partial charge in [-0.2, -0.15) is 0 Å². The molecule has 3 rings (SSSR count). The fourth-order valence-corrected chi connectivity index (χ4v) is 6.15. The van der Waals surface area contributed by atoms with Gasteiger partial charge in [-0.15, -0.1) is 0 Å². The van der Waals surface area contributed by atoms with Crippen molar-refractivity contribution in [2.75, 3.05) is 13.2 Å². The summed E-state index contributed by atoms with van der Waals surface area (Å²) >= 11 is 0. The van der Waals surface area contributed by atoms with Crippen LogP contribution in [0.25, 0.3) is 0 Å². The molecule has 4 atom stereocenters. The Kier molecular flexibility index (Phi) is 5.48. The SMILES string of the molecule is BC1CCCCCC2C(C1)C(CC(C)C)C1(COC1)N2C(C)C. The lowest BCUT2D eigenvalue weighted by Crippen LogP contribution is -2.65. The third-order valence-corrected chi connectivity index (χ3v) is 6.93. The maximum Gasteiger partial charge on any atom is 0.105 e. The predicted octanol–water partition coefficient (Wildman–Crippen LogP) is 3.90. The molecular weight excluding hydrogens is 281 g/mol. The van der Waals surface area contributed by atoms with Gasteiger partial charge in [-0.1, -0.05) is 51.8 Å². The summed E-state index contributed by atoms with van der Waals surface area (Å²) in [6, 6.07) is 1.46. The van der Waals surface area contributed by atoms with Gasteiger partial charge in [0.15, 0.2) is 0 Å². The van der Waals surface area contributed by atoms with E-state index in [0.29, 0.717) is 11.6 Å². The van der Waals surface area contributed by atoms with Crippen LogP contribution in [0, 0.1) is 17.8 Å². The lowest BCUT2D eigenvalue weighted by Gasteiger charge is -2.52. The first-order chi connectivity index (χ1) is 11.0. The van der Waals surface area contributed by atoms with E-state index in [1.165, 1.54) is 44.9 Å². The predicted molar refractivity (Wildman–Crippen MR) is 101 cm³/mol. The molecule has 0 bridgehead atoms. The van der Waals surface area contributed by atoms with Crippen molar-refractivity contribution in [2.24, 2.45) is 17.8 Å². The van der Waals surface area contributed by atoms with E-state index in [9.17, 15) is 0 Å². The van der Waals surface area contributed by atoms with Crippen LogP contribution in [0.4, 0.5) is 0 Å². The molecule has 0 N–H and O–H groups in total. The summed E-state index contributed by atoms with van der Waals surface area (Å²) in [6.45, 7) is 11.7. The van der Waals surface area contributed by atoms with Crippen LogP contribution in [0.5, 0.6) is 0 Å². The van der Waals surface area contributed by atoms with Gasteiger partial charge in [-0.05, 0) is 44.4 Å². The Bertz CT molecular complexity index is 393. The number of nitrogens with zero attached hydrogens (tertiary/aromatic N) is 1. The standard InChI is InChI=1S/C20H38BNO/c1-14(2)10-18-17-11-16(21)8-6-5-7-9-19(17)22(15(3)4)20(18)12-23-13-20/h14-19H,5-13,21H2,1-4H3. The van der Waals surface area contributed by atoms with Crippen molar-refractivity contribution in [1.29, 1.82) is 0 Å². The zero-order chi connectivity index (χ0) is 16.6. The van der Waals surface area contributed by atoms with E-state index in [1.807, 2.05) is 0 Å². The second-order valence-corrected chi connectivity index (χ2v) is 9.54. The van der Waals surface area contributed by atoms with Crippen LogP contribution in [0.3, 0.4) is 0 Å². The Morgan fingerprint density at radius 3 is 2.35 bits per heavy atom. The van der Waals surface area contributed by atoms with Crippen LogP contribution >= 0.6 is 0 Å². The summed E-state index contributed by atoms with van der Waals surface area (Å²) in [5, 5.41) is 0. The molecule has 4 unspecified atom stereocenters. The van der Waals surface area contributed by atoms with Gasteiger partial charge < -0.3 is 4.74 Å². The van der Waals surface area contributed by atoms with Gasteiger partial charge in [0.1, 0.15) is 7.85 Å². The normalized spacial score (nSPS) is 38.2. The number of hydrogen-bond donors (Lipinski definition) is 0. The van der Waals surface area contributed by atoms with Gasteiger partial charge in [-0.3, -0.25) is 4.90 Å². The molecule has 2 heterocycles. The zero-order valence-electron chi connectivity index (χ0n) is 16.2. The minimum Gasteiger partial charge on any atom is -0.377 e. The van der Waals surface area contributed by atoms with Crippen LogP contribution in [-0.4, -0.2) is 43.6 Å². The van der Waals surface area contributed by atoms with Crippen molar-refractivity contribution in [3.63, 3.8) is 0 Å². The summed E-state index contributed by atoms with van der Waals surface area (Å²) < 4.78 is 5.83. The molecule has 2 saturated heterocycles. The number of fused-ring (bicyclic) bond motifs is 1. The number of likely N-dealkylation sites (tertiary alicyclic amines) is 1. The van der Waals surface area contributed by atoms with Crippen LogP contribution in [0.2, 0.25) is 5.82 Å². The van der Waals surface area contributed by atoms with Gasteiger partial charge in [0.05, 0.1) is 18.8 Å². The molecule has 1 aliphatic carbocycles. The first-order valence-corrected chi connectivity index (χ1v) is 10.3. The molecular formula is C20H38BNO. The lowest BCUT2D eigenvalue weighted by atomic mass is 9.67. The first kappa shape index (κ1) is 17.8. The third kappa shape index (κ3) is 3.25. The van der Waals surface area contributed by atoms with E-state index in [0.717, 1.165) is 42.8 Å². The zero-order valence-corrected chi connectivity index (χ0v) is 16.2. The highest BCUT2D eigenvalue weighted by Gasteiger charge is 2.62. The molecule has 0 radical (unpaired) electrons. The van der Waals surface area contributed by atoms with E-state index in [-0.39, 0.29) is 0 Å². The smallest absolute Gasteiger partial charge is 0.105 e. The average Bonchev–Trinajstić information content (AvgIpc) is 2.72. The molecule has 2 nitrogen and oxygen atoms in total. The topological polar surface area (TPSA) is 12.5 Å². The largest absolute Gasteiger partial charge is 0.377 e. The van der Waals surface area contributed by atoms with Crippen LogP contribution in [-0.2, 0) is 4.74 Å². The molecule has 3 fully saturated rings. The summed E-state index contributed by atoms with van der Waals surface area (Å²) in [5.74, 6) is 3.45. The Labute approximate surface area is 145 Å². The van der Waals surface area contributed by atoms with Gasteiger partial charge in [0.2, 0.25) is 0 Å². The highest BCUT2D eigenvalue weighted by atomic mass is 16.5. The molecule has 1 spiro atoms. The Hall–Kier alpha value is -0.0151. The summed E-state index contributed by atoms with van der Waals surface area (Å²) in [6.07, 6.45) is 10.0. The van der Waals surface area contributed by atoms with Crippen molar-refractivity contribution in [3.8, 4) is 0 Å². The second kappa shape index (κ2) is 7.08. The van der Waals surface area contributed by atoms with Crippen molar-refractivity contribution in [3.05, 3.63) is 0 Å². The van der Waals surface area contributed by atoms with E-state index in [2.05, 4.69) is 40.4 Å². The lowest BCUT2D eigenvalue weighted by molar-refractivity contribution is -0.161. The number of rotatable bonds is 3. The maximum atomic E-state index is 5.83. The Morgan fingerprint density at radius 1 is 1.09 bits per heavy atom. The minimum atomic E-state index is 0.368. The van der Waals surface area contributed by atoms with Crippen LogP contribution < -0.4 is 0 Å². The molecule has 0 amide bonds. The molecule has 1 saturated carbocycles. The fourth-order valence-electron chi connectivity index (χ4n) is 6.15. The van der Waals surface area contributed by atoms with Gasteiger partial charge in [0.25, 0.3) is 0 Å². The highest BCUT2D eigenvalue weighted by molar-refractivity contribution is 6.11. The number of hydrogen-bond acceptors (Lipinski definition) is 2. The molecule has 132 valence electrons. The van der Waals surface area contributed by atoms with E-state index in [1.54, 1.807) is 0 Å². The summed E-state index contributed by atoms with van der Waals surface area (Å²) in [5.41, 5.74) is 0.368. The Morgan fingerprint density at radius 2 is 1.78 bits per heavy atom. The monoisotopic (exact) mass is 319 g/mol. The molecule has 0 aromatic carbocycles. The van der Waals surface area contributed by atoms with Crippen molar-refractivity contribution in [2.45, 2.75) is 96.1 Å². The minimum absolute atomic E-state index is 0.368. The van der Waals surface area contributed by atoms with Crippen LogP contribution in [0.1, 0.15) is 72.6 Å². The first-order valence-electron chi connectivity index (χ1n) is 10.3. The second-order valence-electron chi connectivity index (χ2n) is 9.54. The van der Waals surface area contributed by atoms with E-state index in [4.69, 9.17) is 4.74 Å². The molecule has 3 aliphatic rings. The molecule has 0 aromatic rings. The molecule has 0 aromatic heterocycles. The molecule has 23 heavy (non-hydrogen) atoms. The summed E-state index contributed by atoms with van der Waals surface area (Å²) in [7, 11) is 2.51. The molecule has 3 heteroatoms. The van der Waals surface area contributed by atoms with Gasteiger partial charge in [-0.25, -0.2) is 0 Å². The summed E-state index contributed by atoms with van der Waals surface area (Å²) in [4.78, 5) is 2.94. The fraction of sp³-hybridized carbons (Fsp3) is 1.00. The van der Waals surface area contributed by atoms with E-state index >= 15 is 0 Å². The third-order valence-electron chi connectivity index (χ3n) is 6.93. The van der Waals surface area contributed by atoms with E-state index < -0.39 is 0 Å². The average molecular weight is 319 g/mol. The van der Waals surface area contributed by atoms with Gasteiger partial charge >= 0.3 is 0 Å². The quantitative estimate of drug-likeness (QED) is 0.732. The van der Waals surface area contributed by atoms with Gasteiger partial charge in [0, 0.05) is 12.1 Å². The maximum absolute atomic E-state index is 5.83. The highest BCUT2D eigenvalue weighted by Crippen LogP contribution is 2.54. The van der Waals surface area contributed by atoms with Crippen molar-refractivity contribution < 1.29 is 4.74 Å².